The van der Waals surface area contributed by atoms with Crippen LogP contribution in [0, 0.1) is 0 Å². The lowest BCUT2D eigenvalue weighted by Crippen LogP contribution is -1.88. The number of rotatable bonds is 0. The van der Waals surface area contributed by atoms with Crippen LogP contribution in [0.2, 0.25) is 20.2 Å². The first-order chi connectivity index (χ1) is 12.5. The van der Waals surface area contributed by atoms with Crippen LogP contribution in [-0.4, -0.2) is 4.98 Å². The average molecular weight is 417 g/mol. The van der Waals surface area contributed by atoms with Crippen LogP contribution in [0.1, 0.15) is 0 Å². The lowest BCUT2D eigenvalue weighted by atomic mass is 9.98. The number of pyridine rings is 1. The SMILES string of the molecule is Clc1nc2cc3cc4cc5ccccc5cc4cc3c(Cl)c2c(Cl)c1Cl. The van der Waals surface area contributed by atoms with E-state index >= 15 is 0 Å². The molecule has 5 rings (SSSR count). The summed E-state index contributed by atoms with van der Waals surface area (Å²) >= 11 is 25.3. The first-order valence-corrected chi connectivity index (χ1v) is 9.43. The Morgan fingerprint density at radius 1 is 0.577 bits per heavy atom. The maximum atomic E-state index is 6.70. The number of halogens is 4. The Bertz CT molecular complexity index is 1380. The van der Waals surface area contributed by atoms with Crippen molar-refractivity contribution in [2.75, 3.05) is 0 Å². The van der Waals surface area contributed by atoms with Gasteiger partial charge in [-0.1, -0.05) is 70.7 Å². The van der Waals surface area contributed by atoms with Crippen molar-refractivity contribution < 1.29 is 0 Å². The number of benzene rings is 4. The summed E-state index contributed by atoms with van der Waals surface area (Å²) in [5, 5.41) is 8.38. The molecule has 0 saturated heterocycles. The van der Waals surface area contributed by atoms with Crippen molar-refractivity contribution in [3.8, 4) is 0 Å². The minimum absolute atomic E-state index is 0.173. The molecular weight excluding hydrogens is 408 g/mol. The summed E-state index contributed by atoms with van der Waals surface area (Å²) in [7, 11) is 0. The van der Waals surface area contributed by atoms with Crippen LogP contribution in [0.15, 0.2) is 54.6 Å². The van der Waals surface area contributed by atoms with Crippen molar-refractivity contribution in [2.45, 2.75) is 0 Å². The van der Waals surface area contributed by atoms with Crippen molar-refractivity contribution in [3.63, 3.8) is 0 Å². The Kier molecular flexibility index (Phi) is 3.70. The zero-order valence-corrected chi connectivity index (χ0v) is 16.2. The van der Waals surface area contributed by atoms with E-state index in [9.17, 15) is 0 Å². The smallest absolute Gasteiger partial charge is 0.149 e. The molecule has 126 valence electrons. The highest BCUT2D eigenvalue weighted by Crippen LogP contribution is 2.42. The molecule has 0 spiro atoms. The van der Waals surface area contributed by atoms with Gasteiger partial charge in [0.25, 0.3) is 0 Å². The van der Waals surface area contributed by atoms with E-state index in [0.717, 1.165) is 21.5 Å². The van der Waals surface area contributed by atoms with Gasteiger partial charge in [-0.3, -0.25) is 0 Å². The first-order valence-electron chi connectivity index (χ1n) is 7.92. The van der Waals surface area contributed by atoms with Crippen molar-refractivity contribution in [3.05, 3.63) is 74.8 Å². The number of nitrogens with zero attached hydrogens (tertiary/aromatic N) is 1. The summed E-state index contributed by atoms with van der Waals surface area (Å²) < 4.78 is 0. The van der Waals surface area contributed by atoms with Gasteiger partial charge < -0.3 is 0 Å². The predicted octanol–water partition coefficient (Wildman–Crippen LogP) is 8.31. The second-order valence-electron chi connectivity index (χ2n) is 6.24. The molecule has 0 fully saturated rings. The number of aromatic nitrogens is 1. The largest absolute Gasteiger partial charge is 0.234 e. The molecule has 0 saturated carbocycles. The highest BCUT2D eigenvalue weighted by Gasteiger charge is 2.16. The van der Waals surface area contributed by atoms with Crippen molar-refractivity contribution in [2.24, 2.45) is 0 Å². The van der Waals surface area contributed by atoms with Crippen LogP contribution in [0.25, 0.3) is 43.2 Å². The minimum atomic E-state index is 0.173. The fraction of sp³-hybridized carbons (Fsp3) is 0. The second kappa shape index (κ2) is 5.87. The Balaban J connectivity index is 1.96. The zero-order valence-electron chi connectivity index (χ0n) is 13.2. The van der Waals surface area contributed by atoms with Gasteiger partial charge >= 0.3 is 0 Å². The van der Waals surface area contributed by atoms with Crippen LogP contribution in [-0.2, 0) is 0 Å². The summed E-state index contributed by atoms with van der Waals surface area (Å²) in [6, 6.07) is 18.8. The fourth-order valence-electron chi connectivity index (χ4n) is 3.44. The van der Waals surface area contributed by atoms with E-state index in [1.165, 1.54) is 10.8 Å². The van der Waals surface area contributed by atoms with E-state index in [0.29, 0.717) is 20.9 Å². The number of hydrogen-bond acceptors (Lipinski definition) is 1. The van der Waals surface area contributed by atoms with Crippen molar-refractivity contribution in [1.29, 1.82) is 0 Å². The van der Waals surface area contributed by atoms with Gasteiger partial charge in [0.2, 0.25) is 0 Å². The molecule has 1 aromatic heterocycles. The lowest BCUT2D eigenvalue weighted by molar-refractivity contribution is 1.42. The van der Waals surface area contributed by atoms with E-state index in [-0.39, 0.29) is 10.2 Å². The maximum Gasteiger partial charge on any atom is 0.149 e. The Labute approximate surface area is 169 Å². The maximum absolute atomic E-state index is 6.70. The molecule has 0 aliphatic carbocycles. The van der Waals surface area contributed by atoms with Gasteiger partial charge in [0.15, 0.2) is 0 Å². The second-order valence-corrected chi connectivity index (χ2v) is 7.73. The van der Waals surface area contributed by atoms with Gasteiger partial charge in [-0.2, -0.15) is 0 Å². The third-order valence-electron chi connectivity index (χ3n) is 4.69. The average Bonchev–Trinajstić information content (AvgIpc) is 2.63. The summed E-state index contributed by atoms with van der Waals surface area (Å²) in [5.41, 5.74) is 0.627. The van der Waals surface area contributed by atoms with E-state index in [1.54, 1.807) is 0 Å². The summed E-state index contributed by atoms with van der Waals surface area (Å²) in [5.74, 6) is 0. The molecule has 0 aliphatic rings. The molecular formula is C21H9Cl4N. The predicted molar refractivity (Wildman–Crippen MR) is 114 cm³/mol. The van der Waals surface area contributed by atoms with Crippen LogP contribution < -0.4 is 0 Å². The number of hydrogen-bond donors (Lipinski definition) is 0. The molecule has 0 N–H and O–H groups in total. The van der Waals surface area contributed by atoms with Crippen molar-refractivity contribution in [1.82, 2.24) is 4.98 Å². The van der Waals surface area contributed by atoms with Gasteiger partial charge in [-0.25, -0.2) is 4.98 Å². The molecule has 5 heteroatoms. The lowest BCUT2D eigenvalue weighted by Gasteiger charge is -2.11. The van der Waals surface area contributed by atoms with Gasteiger partial charge in [0.05, 0.1) is 20.6 Å². The van der Waals surface area contributed by atoms with Gasteiger partial charge in [0.1, 0.15) is 5.15 Å². The first kappa shape index (κ1) is 16.4. The van der Waals surface area contributed by atoms with E-state index in [4.69, 9.17) is 46.4 Å². The van der Waals surface area contributed by atoms with Crippen molar-refractivity contribution >= 4 is 89.6 Å². The fourth-order valence-corrected chi connectivity index (χ4v) is 4.49. The van der Waals surface area contributed by atoms with Gasteiger partial charge in [-0.05, 0) is 57.3 Å². The Hall–Kier alpha value is -1.77. The van der Waals surface area contributed by atoms with Gasteiger partial charge in [-0.15, -0.1) is 0 Å². The quantitative estimate of drug-likeness (QED) is 0.182. The normalized spacial score (nSPS) is 11.8. The van der Waals surface area contributed by atoms with E-state index in [2.05, 4.69) is 41.4 Å². The molecule has 4 aromatic carbocycles. The van der Waals surface area contributed by atoms with E-state index < -0.39 is 0 Å². The Morgan fingerprint density at radius 2 is 1.19 bits per heavy atom. The van der Waals surface area contributed by atoms with Crippen LogP contribution in [0.4, 0.5) is 0 Å². The topological polar surface area (TPSA) is 12.9 Å². The Morgan fingerprint density at radius 3 is 1.88 bits per heavy atom. The monoisotopic (exact) mass is 415 g/mol. The van der Waals surface area contributed by atoms with E-state index in [1.807, 2.05) is 18.2 Å². The molecule has 0 aliphatic heterocycles. The van der Waals surface area contributed by atoms with Gasteiger partial charge in [0, 0.05) is 10.8 Å². The molecule has 26 heavy (non-hydrogen) atoms. The highest BCUT2D eigenvalue weighted by molar-refractivity contribution is 6.52. The summed E-state index contributed by atoms with van der Waals surface area (Å²) in [6.07, 6.45) is 0. The molecule has 0 bridgehead atoms. The summed E-state index contributed by atoms with van der Waals surface area (Å²) in [6.45, 7) is 0. The number of fused-ring (bicyclic) bond motifs is 4. The van der Waals surface area contributed by atoms with Crippen LogP contribution >= 0.6 is 46.4 Å². The molecule has 1 nitrogen and oxygen atoms in total. The minimum Gasteiger partial charge on any atom is -0.234 e. The molecule has 0 amide bonds. The zero-order chi connectivity index (χ0) is 18.0. The standard InChI is InChI=1S/C21H9Cl4N/c22-18-15-8-13-6-11-4-2-1-3-10(11)5-12(13)7-14(15)9-16-17(18)19(23)20(24)21(25)26-16/h1-9H. The third kappa shape index (κ3) is 2.35. The molecule has 1 heterocycles. The van der Waals surface area contributed by atoms with Crippen LogP contribution in [0.5, 0.6) is 0 Å². The molecule has 5 aromatic rings. The molecule has 0 atom stereocenters. The molecule has 0 radical (unpaired) electrons. The summed E-state index contributed by atoms with van der Waals surface area (Å²) in [4.78, 5) is 4.34. The highest BCUT2D eigenvalue weighted by atomic mass is 35.5. The van der Waals surface area contributed by atoms with Crippen LogP contribution in [0.3, 0.4) is 0 Å². The third-order valence-corrected chi connectivity index (χ3v) is 6.29. The molecule has 0 unspecified atom stereocenters.